The molecule has 2 N–H and O–H groups in total. The molecule has 4 nitrogen and oxygen atoms in total. The molecule has 0 amide bonds. The summed E-state index contributed by atoms with van der Waals surface area (Å²) < 4.78 is 0. The average molecular weight is 324 g/mol. The second kappa shape index (κ2) is 6.14. The molecule has 3 aromatic carbocycles. The highest BCUT2D eigenvalue weighted by Gasteiger charge is 2.15. The van der Waals surface area contributed by atoms with Crippen LogP contribution in [0.4, 0.5) is 0 Å². The molecule has 0 fully saturated rings. The van der Waals surface area contributed by atoms with Crippen molar-refractivity contribution in [1.29, 1.82) is 0 Å². The topological polar surface area (TPSA) is 74.6 Å². The van der Waals surface area contributed by atoms with E-state index in [9.17, 15) is 14.7 Å². The van der Waals surface area contributed by atoms with Gasteiger partial charge in [0.1, 0.15) is 0 Å². The molecule has 23 heavy (non-hydrogen) atoms. The van der Waals surface area contributed by atoms with Crippen LogP contribution in [0.15, 0.2) is 70.5 Å². The minimum absolute atomic E-state index is 0.0673. The Morgan fingerprint density at radius 1 is 0.783 bits per heavy atom. The zero-order valence-electron chi connectivity index (χ0n) is 11.9. The van der Waals surface area contributed by atoms with Gasteiger partial charge >= 0.3 is 11.9 Å². The highest BCUT2D eigenvalue weighted by molar-refractivity contribution is 7.99. The van der Waals surface area contributed by atoms with E-state index >= 15 is 0 Å². The van der Waals surface area contributed by atoms with Gasteiger partial charge in [0, 0.05) is 9.79 Å². The quantitative estimate of drug-likeness (QED) is 0.744. The predicted octanol–water partition coefficient (Wildman–Crippen LogP) is 4.39. The molecule has 0 saturated carbocycles. The third-order valence-electron chi connectivity index (χ3n) is 3.43. The molecule has 0 unspecified atom stereocenters. The molecule has 0 radical (unpaired) electrons. The summed E-state index contributed by atoms with van der Waals surface area (Å²) in [4.78, 5) is 23.8. The molecule has 5 heteroatoms. The fraction of sp³-hybridized carbons (Fsp3) is 0. The highest BCUT2D eigenvalue weighted by Crippen LogP contribution is 2.35. The van der Waals surface area contributed by atoms with Crippen LogP contribution in [0.25, 0.3) is 10.8 Å². The van der Waals surface area contributed by atoms with Gasteiger partial charge in [0.25, 0.3) is 0 Å². The molecule has 0 atom stereocenters. The highest BCUT2D eigenvalue weighted by atomic mass is 32.2. The molecular weight excluding hydrogens is 312 g/mol. The van der Waals surface area contributed by atoms with Gasteiger partial charge in [-0.05, 0) is 35.0 Å². The molecule has 0 bridgehead atoms. The van der Waals surface area contributed by atoms with Crippen molar-refractivity contribution < 1.29 is 19.8 Å². The summed E-state index contributed by atoms with van der Waals surface area (Å²) >= 11 is 1.26. The lowest BCUT2D eigenvalue weighted by Gasteiger charge is -2.09. The molecule has 3 rings (SSSR count). The lowest BCUT2D eigenvalue weighted by atomic mass is 10.1. The second-order valence-electron chi connectivity index (χ2n) is 4.90. The van der Waals surface area contributed by atoms with E-state index in [1.807, 2.05) is 42.5 Å². The summed E-state index contributed by atoms with van der Waals surface area (Å²) in [6, 6.07) is 17.6. The summed E-state index contributed by atoms with van der Waals surface area (Å²) in [5, 5.41) is 20.5. The van der Waals surface area contributed by atoms with Gasteiger partial charge in [-0.15, -0.1) is 0 Å². The fourth-order valence-corrected chi connectivity index (χ4v) is 3.45. The second-order valence-corrected chi connectivity index (χ2v) is 5.98. The molecule has 0 heterocycles. The Morgan fingerprint density at radius 2 is 1.52 bits per heavy atom. The van der Waals surface area contributed by atoms with Crippen molar-refractivity contribution in [2.24, 2.45) is 0 Å². The van der Waals surface area contributed by atoms with E-state index < -0.39 is 11.9 Å². The van der Waals surface area contributed by atoms with Crippen molar-refractivity contribution in [3.8, 4) is 0 Å². The van der Waals surface area contributed by atoms with E-state index in [-0.39, 0.29) is 11.1 Å². The van der Waals surface area contributed by atoms with Gasteiger partial charge in [-0.2, -0.15) is 0 Å². The third kappa shape index (κ3) is 3.05. The summed E-state index contributed by atoms with van der Waals surface area (Å²) in [5.41, 5.74) is 0.158. The minimum atomic E-state index is -1.08. The van der Waals surface area contributed by atoms with Crippen molar-refractivity contribution in [1.82, 2.24) is 0 Å². The molecule has 0 spiro atoms. The van der Waals surface area contributed by atoms with Gasteiger partial charge in [0.15, 0.2) is 0 Å². The van der Waals surface area contributed by atoms with Crippen molar-refractivity contribution >= 4 is 34.5 Å². The molecular formula is C18H12O4S. The van der Waals surface area contributed by atoms with E-state index in [1.165, 1.54) is 30.0 Å². The number of aromatic carboxylic acids is 2. The van der Waals surface area contributed by atoms with E-state index in [1.54, 1.807) is 0 Å². The van der Waals surface area contributed by atoms with Crippen LogP contribution in [0, 0.1) is 0 Å². The van der Waals surface area contributed by atoms with Gasteiger partial charge in [-0.25, -0.2) is 9.59 Å². The number of hydrogen-bond donors (Lipinski definition) is 2. The third-order valence-corrected chi connectivity index (χ3v) is 4.56. The number of fused-ring (bicyclic) bond motifs is 1. The van der Waals surface area contributed by atoms with E-state index in [0.29, 0.717) is 4.90 Å². The average Bonchev–Trinajstić information content (AvgIpc) is 2.55. The summed E-state index contributed by atoms with van der Waals surface area (Å²) in [5.74, 6) is -2.16. The first-order chi connectivity index (χ1) is 11.1. The fourth-order valence-electron chi connectivity index (χ4n) is 2.32. The monoisotopic (exact) mass is 324 g/mol. The van der Waals surface area contributed by atoms with Crippen LogP contribution in [0.1, 0.15) is 20.7 Å². The summed E-state index contributed by atoms with van der Waals surface area (Å²) in [7, 11) is 0. The zero-order chi connectivity index (χ0) is 16.4. The van der Waals surface area contributed by atoms with Crippen LogP contribution in [0.2, 0.25) is 0 Å². The van der Waals surface area contributed by atoms with Gasteiger partial charge in [0.05, 0.1) is 11.1 Å². The molecule has 3 aromatic rings. The Morgan fingerprint density at radius 3 is 2.26 bits per heavy atom. The standard InChI is InChI=1S/C18H12O4S/c19-17(20)12-8-9-14(18(21)22)16(10-12)23-15-7-3-5-11-4-1-2-6-13(11)15/h1-10H,(H,19,20)(H,21,22). The SMILES string of the molecule is O=C(O)c1ccc(C(=O)O)c(Sc2cccc3ccccc23)c1. The lowest BCUT2D eigenvalue weighted by molar-refractivity contribution is 0.0678. The lowest BCUT2D eigenvalue weighted by Crippen LogP contribution is -2.02. The Balaban J connectivity index is 2.12. The summed E-state index contributed by atoms with van der Waals surface area (Å²) in [6.07, 6.45) is 0. The van der Waals surface area contributed by atoms with Gasteiger partial charge in [0.2, 0.25) is 0 Å². The molecule has 0 aromatic heterocycles. The van der Waals surface area contributed by atoms with Crippen LogP contribution in [0.3, 0.4) is 0 Å². The Labute approximate surface area is 136 Å². The van der Waals surface area contributed by atoms with Crippen LogP contribution >= 0.6 is 11.8 Å². The number of benzene rings is 3. The first kappa shape index (κ1) is 15.1. The molecule has 0 saturated heterocycles. The van der Waals surface area contributed by atoms with Crippen molar-refractivity contribution in [3.05, 3.63) is 71.8 Å². The summed E-state index contributed by atoms with van der Waals surface area (Å²) in [6.45, 7) is 0. The van der Waals surface area contributed by atoms with E-state index in [0.717, 1.165) is 15.7 Å². The van der Waals surface area contributed by atoms with Crippen LogP contribution in [-0.4, -0.2) is 22.2 Å². The van der Waals surface area contributed by atoms with Gasteiger partial charge < -0.3 is 10.2 Å². The zero-order valence-corrected chi connectivity index (χ0v) is 12.7. The van der Waals surface area contributed by atoms with Crippen molar-refractivity contribution in [2.75, 3.05) is 0 Å². The first-order valence-corrected chi connectivity index (χ1v) is 7.64. The maximum atomic E-state index is 11.4. The largest absolute Gasteiger partial charge is 0.478 e. The van der Waals surface area contributed by atoms with Crippen LogP contribution < -0.4 is 0 Å². The molecule has 0 aliphatic heterocycles. The van der Waals surface area contributed by atoms with Crippen LogP contribution in [0.5, 0.6) is 0 Å². The number of hydrogen-bond acceptors (Lipinski definition) is 3. The van der Waals surface area contributed by atoms with Gasteiger partial charge in [-0.3, -0.25) is 0 Å². The predicted molar refractivity (Wildman–Crippen MR) is 88.4 cm³/mol. The Bertz CT molecular complexity index is 913. The minimum Gasteiger partial charge on any atom is -0.478 e. The number of carboxylic acids is 2. The first-order valence-electron chi connectivity index (χ1n) is 6.82. The maximum Gasteiger partial charge on any atom is 0.336 e. The van der Waals surface area contributed by atoms with Gasteiger partial charge in [-0.1, -0.05) is 48.2 Å². The Hall–Kier alpha value is -2.79. The Kier molecular flexibility index (Phi) is 4.04. The van der Waals surface area contributed by atoms with Crippen molar-refractivity contribution in [2.45, 2.75) is 9.79 Å². The normalized spacial score (nSPS) is 10.6. The smallest absolute Gasteiger partial charge is 0.336 e. The number of carboxylic acid groups (broad SMARTS) is 2. The van der Waals surface area contributed by atoms with Crippen LogP contribution in [-0.2, 0) is 0 Å². The molecule has 114 valence electrons. The molecule has 0 aliphatic carbocycles. The number of carbonyl (C=O) groups is 2. The van der Waals surface area contributed by atoms with Crippen molar-refractivity contribution in [3.63, 3.8) is 0 Å². The maximum absolute atomic E-state index is 11.4. The molecule has 0 aliphatic rings. The number of rotatable bonds is 4. The van der Waals surface area contributed by atoms with E-state index in [4.69, 9.17) is 5.11 Å². The van der Waals surface area contributed by atoms with E-state index in [2.05, 4.69) is 0 Å².